The van der Waals surface area contributed by atoms with E-state index in [0.29, 0.717) is 11.4 Å². The van der Waals surface area contributed by atoms with Crippen LogP contribution in [0.15, 0.2) is 71.4 Å². The van der Waals surface area contributed by atoms with Crippen molar-refractivity contribution in [3.05, 3.63) is 82.7 Å². The van der Waals surface area contributed by atoms with Crippen LogP contribution in [0.4, 0.5) is 5.82 Å². The molecule has 29 heavy (non-hydrogen) atoms. The van der Waals surface area contributed by atoms with E-state index in [1.54, 1.807) is 16.0 Å². The number of aromatic nitrogens is 3. The monoisotopic (exact) mass is 416 g/mol. The number of rotatable bonds is 4. The van der Waals surface area contributed by atoms with E-state index in [4.69, 9.17) is 4.98 Å². The third kappa shape index (κ3) is 3.35. The molecule has 3 aromatic heterocycles. The number of nitrogens with zero attached hydrogens (tertiary/aromatic N) is 3. The molecule has 5 aromatic rings. The van der Waals surface area contributed by atoms with Crippen molar-refractivity contribution in [3.8, 4) is 15.7 Å². The lowest BCUT2D eigenvalue weighted by Crippen LogP contribution is -2.15. The molecule has 0 atom stereocenters. The molecule has 0 aliphatic heterocycles. The largest absolute Gasteiger partial charge is 0.306 e. The molecular formula is C22H16N4OS2. The molecule has 0 aliphatic rings. The van der Waals surface area contributed by atoms with Crippen LogP contribution < -0.4 is 5.32 Å². The van der Waals surface area contributed by atoms with E-state index in [1.807, 2.05) is 78.3 Å². The summed E-state index contributed by atoms with van der Waals surface area (Å²) in [4.78, 5) is 18.9. The number of aryl methyl sites for hydroxylation is 1. The van der Waals surface area contributed by atoms with Crippen molar-refractivity contribution in [2.45, 2.75) is 6.92 Å². The second-order valence-electron chi connectivity index (χ2n) is 6.56. The van der Waals surface area contributed by atoms with Gasteiger partial charge in [-0.1, -0.05) is 42.5 Å². The third-order valence-corrected chi connectivity index (χ3v) is 6.26. The quantitative estimate of drug-likeness (QED) is 0.404. The van der Waals surface area contributed by atoms with Gasteiger partial charge in [0.25, 0.3) is 5.91 Å². The number of fused-ring (bicyclic) bond motifs is 1. The van der Waals surface area contributed by atoms with Crippen molar-refractivity contribution in [1.82, 2.24) is 14.8 Å². The van der Waals surface area contributed by atoms with Crippen LogP contribution in [0, 0.1) is 6.92 Å². The van der Waals surface area contributed by atoms with Crippen LogP contribution in [0.25, 0.3) is 26.5 Å². The van der Waals surface area contributed by atoms with Gasteiger partial charge in [-0.15, -0.1) is 22.7 Å². The average molecular weight is 417 g/mol. The fourth-order valence-corrected chi connectivity index (χ4v) is 4.79. The van der Waals surface area contributed by atoms with Crippen LogP contribution >= 0.6 is 22.7 Å². The lowest BCUT2D eigenvalue weighted by atomic mass is 10.0. The Morgan fingerprint density at radius 1 is 1.03 bits per heavy atom. The summed E-state index contributed by atoms with van der Waals surface area (Å²) in [7, 11) is 0. The topological polar surface area (TPSA) is 59.8 Å². The average Bonchev–Trinajstić information content (AvgIpc) is 3.48. The summed E-state index contributed by atoms with van der Waals surface area (Å²) in [5.41, 5.74) is 2.36. The number of hydrogen-bond donors (Lipinski definition) is 1. The van der Waals surface area contributed by atoms with Crippen LogP contribution in [-0.2, 0) is 0 Å². The van der Waals surface area contributed by atoms with Crippen molar-refractivity contribution >= 4 is 45.2 Å². The van der Waals surface area contributed by atoms with E-state index in [9.17, 15) is 4.79 Å². The molecule has 0 aliphatic carbocycles. The summed E-state index contributed by atoms with van der Waals surface area (Å²) in [6.07, 6.45) is 0. The summed E-state index contributed by atoms with van der Waals surface area (Å²) in [5.74, 6) is 0.436. The van der Waals surface area contributed by atoms with E-state index in [0.717, 1.165) is 32.2 Å². The SMILES string of the molecule is Cc1cc(NC(=O)c2cccc3ccccc23)n(-c2nc(-c3cccs3)cs2)n1. The van der Waals surface area contributed by atoms with Crippen molar-refractivity contribution < 1.29 is 4.79 Å². The number of thiophene rings is 1. The number of carbonyl (C=O) groups is 1. The highest BCUT2D eigenvalue weighted by Gasteiger charge is 2.16. The number of hydrogen-bond acceptors (Lipinski definition) is 5. The second kappa shape index (κ2) is 7.27. The number of benzene rings is 2. The molecule has 2 aromatic carbocycles. The van der Waals surface area contributed by atoms with Gasteiger partial charge in [0, 0.05) is 17.0 Å². The van der Waals surface area contributed by atoms with Gasteiger partial charge in [0.05, 0.1) is 16.3 Å². The fraction of sp³-hybridized carbons (Fsp3) is 0.0455. The molecule has 1 amide bonds. The molecule has 0 unspecified atom stereocenters. The van der Waals surface area contributed by atoms with E-state index in [1.165, 1.54) is 11.3 Å². The van der Waals surface area contributed by atoms with Gasteiger partial charge in [-0.25, -0.2) is 4.98 Å². The van der Waals surface area contributed by atoms with Crippen LogP contribution in [-0.4, -0.2) is 20.7 Å². The standard InChI is InChI=1S/C22H16N4OS2/c1-14-12-20(24-21(27)17-9-4-7-15-6-2-3-8-16(15)17)26(25-14)22-23-18(13-29-22)19-10-5-11-28-19/h2-13H,1H3,(H,24,27). The Hall–Kier alpha value is -3.29. The van der Waals surface area contributed by atoms with Gasteiger partial charge in [0.1, 0.15) is 5.82 Å². The van der Waals surface area contributed by atoms with E-state index >= 15 is 0 Å². The molecule has 5 nitrogen and oxygen atoms in total. The molecule has 142 valence electrons. The predicted octanol–water partition coefficient (Wildman–Crippen LogP) is 5.77. The molecule has 3 heterocycles. The molecule has 0 fully saturated rings. The second-order valence-corrected chi connectivity index (χ2v) is 8.34. The van der Waals surface area contributed by atoms with E-state index in [-0.39, 0.29) is 5.91 Å². The minimum atomic E-state index is -0.169. The maximum atomic E-state index is 13.0. The lowest BCUT2D eigenvalue weighted by molar-refractivity contribution is 0.102. The van der Waals surface area contributed by atoms with E-state index < -0.39 is 0 Å². The van der Waals surface area contributed by atoms with E-state index in [2.05, 4.69) is 10.4 Å². The van der Waals surface area contributed by atoms with Crippen LogP contribution in [0.3, 0.4) is 0 Å². The highest BCUT2D eigenvalue weighted by atomic mass is 32.1. The Balaban J connectivity index is 1.49. The van der Waals surface area contributed by atoms with Gasteiger partial charge in [-0.3, -0.25) is 4.79 Å². The van der Waals surface area contributed by atoms with Crippen LogP contribution in [0.1, 0.15) is 16.1 Å². The highest BCUT2D eigenvalue weighted by Crippen LogP contribution is 2.29. The number of carbonyl (C=O) groups excluding carboxylic acids is 1. The van der Waals surface area contributed by atoms with Gasteiger partial charge in [-0.2, -0.15) is 9.78 Å². The Morgan fingerprint density at radius 2 is 1.90 bits per heavy atom. The maximum absolute atomic E-state index is 13.0. The molecule has 7 heteroatoms. The third-order valence-electron chi connectivity index (χ3n) is 4.55. The first-order valence-corrected chi connectivity index (χ1v) is 10.8. The summed E-state index contributed by atoms with van der Waals surface area (Å²) in [6, 6.07) is 19.5. The first-order chi connectivity index (χ1) is 14.2. The first kappa shape index (κ1) is 17.8. The molecule has 0 spiro atoms. The smallest absolute Gasteiger partial charge is 0.257 e. The molecule has 0 radical (unpaired) electrons. The molecule has 0 bridgehead atoms. The molecular weight excluding hydrogens is 400 g/mol. The fourth-order valence-electron chi connectivity index (χ4n) is 3.24. The van der Waals surface area contributed by atoms with Crippen molar-refractivity contribution in [3.63, 3.8) is 0 Å². The zero-order valence-corrected chi connectivity index (χ0v) is 17.1. The van der Waals surface area contributed by atoms with Gasteiger partial charge in [0.15, 0.2) is 0 Å². The van der Waals surface area contributed by atoms with Gasteiger partial charge in [-0.05, 0) is 35.2 Å². The van der Waals surface area contributed by atoms with Crippen molar-refractivity contribution in [1.29, 1.82) is 0 Å². The molecule has 1 N–H and O–H groups in total. The zero-order chi connectivity index (χ0) is 19.8. The summed E-state index contributed by atoms with van der Waals surface area (Å²) in [6.45, 7) is 1.90. The number of amides is 1. The first-order valence-electron chi connectivity index (χ1n) is 9.04. The Kier molecular flexibility index (Phi) is 4.46. The Labute approximate surface area is 175 Å². The summed E-state index contributed by atoms with van der Waals surface area (Å²) < 4.78 is 1.69. The summed E-state index contributed by atoms with van der Waals surface area (Å²) >= 11 is 3.15. The van der Waals surface area contributed by atoms with Crippen molar-refractivity contribution in [2.75, 3.05) is 5.32 Å². The Morgan fingerprint density at radius 3 is 2.76 bits per heavy atom. The highest BCUT2D eigenvalue weighted by molar-refractivity contribution is 7.15. The van der Waals surface area contributed by atoms with Crippen LogP contribution in [0.5, 0.6) is 0 Å². The maximum Gasteiger partial charge on any atom is 0.257 e. The normalized spacial score (nSPS) is 11.1. The zero-order valence-electron chi connectivity index (χ0n) is 15.5. The van der Waals surface area contributed by atoms with Crippen molar-refractivity contribution in [2.24, 2.45) is 0 Å². The number of nitrogens with one attached hydrogen (secondary N) is 1. The minimum Gasteiger partial charge on any atom is -0.306 e. The summed E-state index contributed by atoms with van der Waals surface area (Å²) in [5, 5.41) is 14.3. The number of thiazole rings is 1. The van der Waals surface area contributed by atoms with Crippen LogP contribution in [0.2, 0.25) is 0 Å². The molecule has 0 saturated carbocycles. The van der Waals surface area contributed by atoms with Gasteiger partial charge in [0.2, 0.25) is 5.13 Å². The van der Waals surface area contributed by atoms with Gasteiger partial charge >= 0.3 is 0 Å². The lowest BCUT2D eigenvalue weighted by Gasteiger charge is -2.09. The molecule has 0 saturated heterocycles. The predicted molar refractivity (Wildman–Crippen MR) is 119 cm³/mol. The Bertz CT molecular complexity index is 1310. The minimum absolute atomic E-state index is 0.169. The van der Waals surface area contributed by atoms with Gasteiger partial charge < -0.3 is 5.32 Å². The molecule has 5 rings (SSSR count). The number of anilines is 1.